The molecule has 0 saturated heterocycles. The summed E-state index contributed by atoms with van der Waals surface area (Å²) in [6.07, 6.45) is 1.40. The third-order valence-corrected chi connectivity index (χ3v) is 1.43. The molecule has 0 saturated carbocycles. The van der Waals surface area contributed by atoms with Gasteiger partial charge in [0.15, 0.2) is 0 Å². The van der Waals surface area contributed by atoms with Crippen molar-refractivity contribution in [3.63, 3.8) is 0 Å². The molecule has 0 aromatic carbocycles. The Balaban J connectivity index is 2.59. The van der Waals surface area contributed by atoms with Crippen LogP contribution in [0.2, 0.25) is 0 Å². The molecule has 5 nitrogen and oxygen atoms in total. The van der Waals surface area contributed by atoms with Crippen molar-refractivity contribution in [1.29, 1.82) is 0 Å². The minimum atomic E-state index is -0.276. The highest BCUT2D eigenvalue weighted by atomic mass is 16.5. The summed E-state index contributed by atoms with van der Waals surface area (Å²) in [5.41, 5.74) is 0. The first kappa shape index (κ1) is 8.73. The van der Waals surface area contributed by atoms with Gasteiger partial charge in [-0.15, -0.1) is 0 Å². The molecule has 12 heavy (non-hydrogen) atoms. The predicted molar refractivity (Wildman–Crippen MR) is 40.5 cm³/mol. The number of hydrogen-bond donors (Lipinski definition) is 1. The first-order valence-corrected chi connectivity index (χ1v) is 3.52. The lowest BCUT2D eigenvalue weighted by Crippen LogP contribution is -2.29. The Hall–Kier alpha value is -1.36. The summed E-state index contributed by atoms with van der Waals surface area (Å²) in [4.78, 5) is 12.6. The van der Waals surface area contributed by atoms with E-state index in [-0.39, 0.29) is 18.3 Å². The van der Waals surface area contributed by atoms with Crippen molar-refractivity contribution in [2.45, 2.75) is 0 Å². The lowest BCUT2D eigenvalue weighted by Gasteiger charge is -2.12. The van der Waals surface area contributed by atoms with E-state index in [0.717, 1.165) is 0 Å². The maximum atomic E-state index is 11.3. The zero-order valence-corrected chi connectivity index (χ0v) is 6.73. The molecule has 0 bridgehead atoms. The van der Waals surface area contributed by atoms with Crippen molar-refractivity contribution in [3.05, 3.63) is 18.0 Å². The van der Waals surface area contributed by atoms with E-state index in [2.05, 4.69) is 9.68 Å². The number of rotatable bonds is 3. The summed E-state index contributed by atoms with van der Waals surface area (Å²) in [6, 6.07) is 1.48. The van der Waals surface area contributed by atoms with Crippen LogP contribution in [0.15, 0.2) is 16.8 Å². The lowest BCUT2D eigenvalue weighted by atomic mass is 10.4. The second-order valence-electron chi connectivity index (χ2n) is 2.33. The fraction of sp³-hybridized carbons (Fsp3) is 0.429. The van der Waals surface area contributed by atoms with E-state index in [0.29, 0.717) is 6.54 Å². The molecule has 0 fully saturated rings. The van der Waals surface area contributed by atoms with Crippen molar-refractivity contribution in [1.82, 2.24) is 10.1 Å². The smallest absolute Gasteiger partial charge is 0.292 e. The van der Waals surface area contributed by atoms with E-state index in [1.54, 1.807) is 7.05 Å². The van der Waals surface area contributed by atoms with Gasteiger partial charge < -0.3 is 14.5 Å². The van der Waals surface area contributed by atoms with Crippen LogP contribution < -0.4 is 0 Å². The predicted octanol–water partition coefficient (Wildman–Crippen LogP) is -0.261. The molecular weight excluding hydrogens is 160 g/mol. The van der Waals surface area contributed by atoms with E-state index < -0.39 is 0 Å². The summed E-state index contributed by atoms with van der Waals surface area (Å²) < 4.78 is 4.64. The molecule has 0 radical (unpaired) electrons. The van der Waals surface area contributed by atoms with Gasteiger partial charge in [0, 0.05) is 19.7 Å². The standard InChI is InChI=1S/C7H10N2O3/c1-9(4-5-10)7(11)6-2-3-8-12-6/h2-3,10H,4-5H2,1H3. The van der Waals surface area contributed by atoms with Crippen LogP contribution in [0.3, 0.4) is 0 Å². The molecule has 0 aliphatic carbocycles. The molecule has 1 aromatic heterocycles. The first-order valence-electron chi connectivity index (χ1n) is 3.52. The summed E-state index contributed by atoms with van der Waals surface area (Å²) in [5, 5.41) is 11.9. The maximum absolute atomic E-state index is 11.3. The lowest BCUT2D eigenvalue weighted by molar-refractivity contribution is 0.0726. The third-order valence-electron chi connectivity index (χ3n) is 1.43. The Kier molecular flexibility index (Phi) is 2.82. The van der Waals surface area contributed by atoms with Gasteiger partial charge in [0.25, 0.3) is 5.91 Å². The van der Waals surface area contributed by atoms with Gasteiger partial charge in [0.05, 0.1) is 12.8 Å². The maximum Gasteiger partial charge on any atom is 0.292 e. The van der Waals surface area contributed by atoms with Gasteiger partial charge in [-0.1, -0.05) is 5.16 Å². The SMILES string of the molecule is CN(CCO)C(=O)c1ccno1. The molecule has 5 heteroatoms. The van der Waals surface area contributed by atoms with Crippen LogP contribution in [0.1, 0.15) is 10.6 Å². The molecule has 1 amide bonds. The van der Waals surface area contributed by atoms with Crippen LogP contribution in [-0.4, -0.2) is 41.3 Å². The van der Waals surface area contributed by atoms with Crippen LogP contribution in [0, 0.1) is 0 Å². The zero-order valence-electron chi connectivity index (χ0n) is 6.73. The Morgan fingerprint density at radius 2 is 2.58 bits per heavy atom. The number of carbonyl (C=O) groups is 1. The highest BCUT2D eigenvalue weighted by Gasteiger charge is 2.13. The van der Waals surface area contributed by atoms with Crippen molar-refractivity contribution >= 4 is 5.91 Å². The molecular formula is C7H10N2O3. The minimum absolute atomic E-state index is 0.0591. The number of hydrogen-bond acceptors (Lipinski definition) is 4. The Morgan fingerprint density at radius 1 is 1.83 bits per heavy atom. The van der Waals surface area contributed by atoms with Crippen LogP contribution in [0.25, 0.3) is 0 Å². The zero-order chi connectivity index (χ0) is 8.97. The van der Waals surface area contributed by atoms with E-state index >= 15 is 0 Å². The van der Waals surface area contributed by atoms with E-state index in [1.165, 1.54) is 17.2 Å². The number of aliphatic hydroxyl groups is 1. The molecule has 1 rings (SSSR count). The Morgan fingerprint density at radius 3 is 3.08 bits per heavy atom. The molecule has 0 aliphatic heterocycles. The van der Waals surface area contributed by atoms with E-state index in [4.69, 9.17) is 5.11 Å². The Labute approximate surface area is 69.6 Å². The third kappa shape index (κ3) is 1.82. The monoisotopic (exact) mass is 170 g/mol. The average molecular weight is 170 g/mol. The average Bonchev–Trinajstić information content (AvgIpc) is 2.55. The number of nitrogens with zero attached hydrogens (tertiary/aromatic N) is 2. The summed E-state index contributed by atoms with van der Waals surface area (Å²) in [6.45, 7) is 0.232. The number of aliphatic hydroxyl groups excluding tert-OH is 1. The largest absolute Gasteiger partial charge is 0.395 e. The molecule has 0 unspecified atom stereocenters. The summed E-state index contributed by atoms with van der Waals surface area (Å²) in [7, 11) is 1.58. The summed E-state index contributed by atoms with van der Waals surface area (Å²) >= 11 is 0. The van der Waals surface area contributed by atoms with Crippen molar-refractivity contribution in [2.24, 2.45) is 0 Å². The number of carbonyl (C=O) groups excluding carboxylic acids is 1. The highest BCUT2D eigenvalue weighted by Crippen LogP contribution is 2.00. The van der Waals surface area contributed by atoms with E-state index in [9.17, 15) is 4.79 Å². The quantitative estimate of drug-likeness (QED) is 0.678. The summed E-state index contributed by atoms with van der Waals surface area (Å²) in [5.74, 6) is -0.0903. The fourth-order valence-electron chi connectivity index (χ4n) is 0.766. The highest BCUT2D eigenvalue weighted by molar-refractivity contribution is 5.91. The Bertz CT molecular complexity index is 245. The van der Waals surface area contributed by atoms with Gasteiger partial charge in [0.2, 0.25) is 5.76 Å². The molecule has 66 valence electrons. The van der Waals surface area contributed by atoms with Gasteiger partial charge in [-0.25, -0.2) is 0 Å². The normalized spacial score (nSPS) is 9.83. The molecule has 1 N–H and O–H groups in total. The van der Waals surface area contributed by atoms with Gasteiger partial charge in [-0.2, -0.15) is 0 Å². The molecule has 1 aromatic rings. The van der Waals surface area contributed by atoms with Crippen LogP contribution in [0.5, 0.6) is 0 Å². The van der Waals surface area contributed by atoms with Crippen molar-refractivity contribution < 1.29 is 14.4 Å². The van der Waals surface area contributed by atoms with Crippen molar-refractivity contribution in [3.8, 4) is 0 Å². The minimum Gasteiger partial charge on any atom is -0.395 e. The van der Waals surface area contributed by atoms with Crippen LogP contribution in [-0.2, 0) is 0 Å². The first-order chi connectivity index (χ1) is 5.75. The van der Waals surface area contributed by atoms with E-state index in [1.807, 2.05) is 0 Å². The number of likely N-dealkylation sites (N-methyl/N-ethyl adjacent to an activating group) is 1. The van der Waals surface area contributed by atoms with Gasteiger partial charge in [0.1, 0.15) is 0 Å². The molecule has 0 atom stereocenters. The van der Waals surface area contributed by atoms with Crippen LogP contribution in [0.4, 0.5) is 0 Å². The molecule has 0 aliphatic rings. The second kappa shape index (κ2) is 3.87. The second-order valence-corrected chi connectivity index (χ2v) is 2.33. The van der Waals surface area contributed by atoms with Gasteiger partial charge >= 0.3 is 0 Å². The van der Waals surface area contributed by atoms with Gasteiger partial charge in [-0.05, 0) is 0 Å². The molecule has 0 spiro atoms. The number of amides is 1. The molecule has 1 heterocycles. The number of aromatic nitrogens is 1. The fourth-order valence-corrected chi connectivity index (χ4v) is 0.766. The van der Waals surface area contributed by atoms with Crippen LogP contribution >= 0.6 is 0 Å². The topological polar surface area (TPSA) is 66.6 Å². The van der Waals surface area contributed by atoms with Gasteiger partial charge in [-0.3, -0.25) is 4.79 Å². The van der Waals surface area contributed by atoms with Crippen molar-refractivity contribution in [2.75, 3.05) is 20.2 Å².